The lowest BCUT2D eigenvalue weighted by molar-refractivity contribution is -0.152. The van der Waals surface area contributed by atoms with E-state index in [1.165, 1.54) is 0 Å². The molecule has 19 heavy (non-hydrogen) atoms. The number of hydrogen-bond donors (Lipinski definition) is 1. The standard InChI is InChI=1S/C14H19NO4/c1-4-18-14(17)13(16)15-11-5-7-12(8-6-11)19-9-10(2)3/h5-8,10H,4,9H2,1-3H3,(H,15,16). The van der Waals surface area contributed by atoms with Crippen molar-refractivity contribution in [2.24, 2.45) is 5.92 Å². The average molecular weight is 265 g/mol. The van der Waals surface area contributed by atoms with Gasteiger partial charge in [0.1, 0.15) is 5.75 Å². The second-order valence-electron chi connectivity index (χ2n) is 4.40. The summed E-state index contributed by atoms with van der Waals surface area (Å²) in [4.78, 5) is 22.5. The molecule has 0 aliphatic heterocycles. The maximum atomic E-state index is 11.4. The first kappa shape index (κ1) is 15.0. The molecule has 0 aliphatic rings. The van der Waals surface area contributed by atoms with Crippen LogP contribution in [0.15, 0.2) is 24.3 Å². The average Bonchev–Trinajstić information content (AvgIpc) is 2.38. The number of esters is 1. The van der Waals surface area contributed by atoms with E-state index in [0.717, 1.165) is 5.75 Å². The minimum atomic E-state index is -0.886. The summed E-state index contributed by atoms with van der Waals surface area (Å²) in [6.07, 6.45) is 0. The van der Waals surface area contributed by atoms with Crippen molar-refractivity contribution in [3.63, 3.8) is 0 Å². The highest BCUT2D eigenvalue weighted by atomic mass is 16.5. The molecule has 0 bridgehead atoms. The van der Waals surface area contributed by atoms with Crippen LogP contribution in [0.5, 0.6) is 5.75 Å². The number of benzene rings is 1. The van der Waals surface area contributed by atoms with Crippen molar-refractivity contribution < 1.29 is 19.1 Å². The highest BCUT2D eigenvalue weighted by molar-refractivity contribution is 6.37. The number of rotatable bonds is 5. The van der Waals surface area contributed by atoms with Gasteiger partial charge in [-0.1, -0.05) is 13.8 Å². The first-order chi connectivity index (χ1) is 9.02. The van der Waals surface area contributed by atoms with Crippen molar-refractivity contribution in [2.75, 3.05) is 18.5 Å². The van der Waals surface area contributed by atoms with Gasteiger partial charge >= 0.3 is 11.9 Å². The van der Waals surface area contributed by atoms with Crippen LogP contribution >= 0.6 is 0 Å². The highest BCUT2D eigenvalue weighted by Gasteiger charge is 2.14. The summed E-state index contributed by atoms with van der Waals surface area (Å²) in [5.74, 6) is -0.494. The van der Waals surface area contributed by atoms with Crippen LogP contribution in [0.3, 0.4) is 0 Å². The van der Waals surface area contributed by atoms with Crippen LogP contribution in [0, 0.1) is 5.92 Å². The van der Waals surface area contributed by atoms with Crippen LogP contribution in [0.1, 0.15) is 20.8 Å². The molecule has 0 unspecified atom stereocenters. The van der Waals surface area contributed by atoms with Crippen LogP contribution in [0.2, 0.25) is 0 Å². The summed E-state index contributed by atoms with van der Waals surface area (Å²) in [5.41, 5.74) is 0.523. The Morgan fingerprint density at radius 1 is 1.21 bits per heavy atom. The van der Waals surface area contributed by atoms with Gasteiger partial charge in [-0.15, -0.1) is 0 Å². The van der Waals surface area contributed by atoms with Crippen LogP contribution in [0.4, 0.5) is 5.69 Å². The lowest BCUT2D eigenvalue weighted by Gasteiger charge is -2.09. The largest absolute Gasteiger partial charge is 0.493 e. The fourth-order valence-corrected chi connectivity index (χ4v) is 1.28. The molecule has 0 aliphatic carbocycles. The highest BCUT2D eigenvalue weighted by Crippen LogP contribution is 2.16. The van der Waals surface area contributed by atoms with Crippen molar-refractivity contribution in [2.45, 2.75) is 20.8 Å². The molecule has 0 spiro atoms. The molecule has 0 saturated carbocycles. The first-order valence-corrected chi connectivity index (χ1v) is 6.24. The summed E-state index contributed by atoms with van der Waals surface area (Å²) in [5, 5.41) is 2.45. The van der Waals surface area contributed by atoms with Crippen LogP contribution in [-0.4, -0.2) is 25.1 Å². The minimum absolute atomic E-state index is 0.175. The third kappa shape index (κ3) is 5.42. The van der Waals surface area contributed by atoms with E-state index in [-0.39, 0.29) is 6.61 Å². The molecule has 1 rings (SSSR count). The summed E-state index contributed by atoms with van der Waals surface area (Å²) in [6.45, 7) is 6.58. The fraction of sp³-hybridized carbons (Fsp3) is 0.429. The van der Waals surface area contributed by atoms with Gasteiger partial charge in [-0.05, 0) is 37.1 Å². The normalized spacial score (nSPS) is 10.1. The Morgan fingerprint density at radius 3 is 2.37 bits per heavy atom. The predicted molar refractivity (Wildman–Crippen MR) is 72.0 cm³/mol. The van der Waals surface area contributed by atoms with Gasteiger partial charge in [-0.2, -0.15) is 0 Å². The Morgan fingerprint density at radius 2 is 1.84 bits per heavy atom. The van der Waals surface area contributed by atoms with Gasteiger partial charge in [0.15, 0.2) is 0 Å². The van der Waals surface area contributed by atoms with E-state index >= 15 is 0 Å². The van der Waals surface area contributed by atoms with Crippen molar-refractivity contribution in [3.05, 3.63) is 24.3 Å². The summed E-state index contributed by atoms with van der Waals surface area (Å²) in [6, 6.07) is 6.83. The predicted octanol–water partition coefficient (Wildman–Crippen LogP) is 2.22. The zero-order valence-corrected chi connectivity index (χ0v) is 11.4. The molecule has 0 saturated heterocycles. The lowest BCUT2D eigenvalue weighted by atomic mass is 10.2. The number of nitrogens with one attached hydrogen (secondary N) is 1. The Balaban J connectivity index is 2.52. The number of carbonyl (C=O) groups excluding carboxylic acids is 2. The van der Waals surface area contributed by atoms with E-state index in [4.69, 9.17) is 4.74 Å². The fourth-order valence-electron chi connectivity index (χ4n) is 1.28. The Hall–Kier alpha value is -2.04. The Kier molecular flexibility index (Phi) is 5.85. The first-order valence-electron chi connectivity index (χ1n) is 6.24. The molecular formula is C14H19NO4. The second-order valence-corrected chi connectivity index (χ2v) is 4.40. The maximum Gasteiger partial charge on any atom is 0.397 e. The van der Waals surface area contributed by atoms with E-state index in [1.807, 2.05) is 0 Å². The third-order valence-corrected chi connectivity index (χ3v) is 2.16. The van der Waals surface area contributed by atoms with Gasteiger partial charge in [-0.25, -0.2) is 4.79 Å². The van der Waals surface area contributed by atoms with Gasteiger partial charge in [0, 0.05) is 5.69 Å². The Labute approximate surface area is 112 Å². The number of carbonyl (C=O) groups is 2. The van der Waals surface area contributed by atoms with E-state index in [9.17, 15) is 9.59 Å². The molecule has 1 aromatic rings. The van der Waals surface area contributed by atoms with Gasteiger partial charge in [0.05, 0.1) is 13.2 Å². The van der Waals surface area contributed by atoms with Gasteiger partial charge < -0.3 is 14.8 Å². The van der Waals surface area contributed by atoms with Crippen molar-refractivity contribution in [1.82, 2.24) is 0 Å². The van der Waals surface area contributed by atoms with Gasteiger partial charge in [0.2, 0.25) is 0 Å². The number of amides is 1. The molecule has 104 valence electrons. The van der Waals surface area contributed by atoms with Gasteiger partial charge in [0.25, 0.3) is 0 Å². The quantitative estimate of drug-likeness (QED) is 0.655. The molecular weight excluding hydrogens is 246 g/mol. The second kappa shape index (κ2) is 7.41. The van der Waals surface area contributed by atoms with Gasteiger partial charge in [-0.3, -0.25) is 4.79 Å². The van der Waals surface area contributed by atoms with Crippen molar-refractivity contribution in [3.8, 4) is 5.75 Å². The molecule has 0 atom stereocenters. The minimum Gasteiger partial charge on any atom is -0.493 e. The summed E-state index contributed by atoms with van der Waals surface area (Å²) < 4.78 is 10.1. The monoisotopic (exact) mass is 265 g/mol. The SMILES string of the molecule is CCOC(=O)C(=O)Nc1ccc(OCC(C)C)cc1. The molecule has 1 aromatic carbocycles. The number of ether oxygens (including phenoxy) is 2. The topological polar surface area (TPSA) is 64.6 Å². The molecule has 5 heteroatoms. The van der Waals surface area contributed by atoms with E-state index < -0.39 is 11.9 Å². The molecule has 0 aromatic heterocycles. The van der Waals surface area contributed by atoms with E-state index in [1.54, 1.807) is 31.2 Å². The zero-order valence-electron chi connectivity index (χ0n) is 11.4. The molecule has 0 heterocycles. The molecule has 5 nitrogen and oxygen atoms in total. The van der Waals surface area contributed by atoms with Crippen molar-refractivity contribution in [1.29, 1.82) is 0 Å². The maximum absolute atomic E-state index is 11.4. The van der Waals surface area contributed by atoms with Crippen LogP contribution in [-0.2, 0) is 14.3 Å². The zero-order chi connectivity index (χ0) is 14.3. The molecule has 1 amide bonds. The molecule has 0 radical (unpaired) electrons. The molecule has 0 fully saturated rings. The molecule has 1 N–H and O–H groups in total. The number of hydrogen-bond acceptors (Lipinski definition) is 4. The van der Waals surface area contributed by atoms with Crippen LogP contribution in [0.25, 0.3) is 0 Å². The van der Waals surface area contributed by atoms with E-state index in [2.05, 4.69) is 23.9 Å². The third-order valence-electron chi connectivity index (χ3n) is 2.16. The van der Waals surface area contributed by atoms with E-state index in [0.29, 0.717) is 18.2 Å². The summed E-state index contributed by atoms with van der Waals surface area (Å²) in [7, 11) is 0. The smallest absolute Gasteiger partial charge is 0.397 e. The lowest BCUT2D eigenvalue weighted by Crippen LogP contribution is -2.24. The number of anilines is 1. The Bertz CT molecular complexity index is 426. The van der Waals surface area contributed by atoms with Crippen molar-refractivity contribution >= 4 is 17.6 Å². The summed E-state index contributed by atoms with van der Waals surface area (Å²) >= 11 is 0. The van der Waals surface area contributed by atoms with Crippen LogP contribution < -0.4 is 10.1 Å².